The predicted octanol–water partition coefficient (Wildman–Crippen LogP) is 3.58. The normalized spacial score (nSPS) is 11.7. The van der Waals surface area contributed by atoms with Crippen LogP contribution in [-0.4, -0.2) is 18.4 Å². The summed E-state index contributed by atoms with van der Waals surface area (Å²) in [5, 5.41) is 0. The zero-order valence-corrected chi connectivity index (χ0v) is 12.2. The van der Waals surface area contributed by atoms with Crippen molar-refractivity contribution in [2.75, 3.05) is 6.61 Å². The van der Waals surface area contributed by atoms with Crippen LogP contribution in [0.5, 0.6) is 0 Å². The summed E-state index contributed by atoms with van der Waals surface area (Å²) >= 11 is 0. The number of hydrogen-bond acceptors (Lipinski definition) is 3. The van der Waals surface area contributed by atoms with E-state index >= 15 is 0 Å². The van der Waals surface area contributed by atoms with Crippen molar-refractivity contribution in [2.45, 2.75) is 19.8 Å². The maximum absolute atomic E-state index is 12.4. The van der Waals surface area contributed by atoms with Gasteiger partial charge in [-0.25, -0.2) is 0 Å². The summed E-state index contributed by atoms with van der Waals surface area (Å²) in [6.45, 7) is 3.91. The predicted molar refractivity (Wildman–Crippen MR) is 81.4 cm³/mol. The Hall–Kier alpha value is -2.42. The molecule has 2 aromatic carbocycles. The molecule has 108 valence electrons. The Bertz CT molecular complexity index is 632. The van der Waals surface area contributed by atoms with E-state index in [-0.39, 0.29) is 17.7 Å². The summed E-state index contributed by atoms with van der Waals surface area (Å²) in [6.07, 6.45) is 0. The van der Waals surface area contributed by atoms with Crippen LogP contribution in [0.3, 0.4) is 0 Å². The molecule has 0 aliphatic rings. The van der Waals surface area contributed by atoms with Gasteiger partial charge in [0.25, 0.3) is 0 Å². The minimum atomic E-state index is -0.381. The summed E-state index contributed by atoms with van der Waals surface area (Å²) in [4.78, 5) is 24.2. The molecular weight excluding hydrogens is 264 g/mol. The molecule has 0 saturated heterocycles. The van der Waals surface area contributed by atoms with Crippen LogP contribution in [0.1, 0.15) is 41.3 Å². The fourth-order valence-corrected chi connectivity index (χ4v) is 2.11. The van der Waals surface area contributed by atoms with E-state index in [4.69, 9.17) is 4.74 Å². The summed E-state index contributed by atoms with van der Waals surface area (Å²) in [7, 11) is 0. The van der Waals surface area contributed by atoms with Crippen molar-refractivity contribution in [3.05, 3.63) is 71.3 Å². The molecule has 2 rings (SSSR count). The molecule has 0 unspecified atom stereocenters. The molecule has 0 heterocycles. The van der Waals surface area contributed by atoms with Gasteiger partial charge in [0, 0.05) is 11.1 Å². The van der Waals surface area contributed by atoms with Crippen LogP contribution in [0, 0.1) is 0 Å². The number of benzene rings is 2. The molecule has 1 atom stereocenters. The van der Waals surface area contributed by atoms with Gasteiger partial charge in [0.05, 0.1) is 12.5 Å². The molecule has 21 heavy (non-hydrogen) atoms. The van der Waals surface area contributed by atoms with E-state index in [1.54, 1.807) is 44.2 Å². The van der Waals surface area contributed by atoms with E-state index in [0.717, 1.165) is 5.56 Å². The van der Waals surface area contributed by atoms with Crippen LogP contribution in [0.25, 0.3) is 0 Å². The summed E-state index contributed by atoms with van der Waals surface area (Å²) < 4.78 is 5.02. The minimum Gasteiger partial charge on any atom is -0.466 e. The van der Waals surface area contributed by atoms with Crippen molar-refractivity contribution < 1.29 is 14.3 Å². The molecule has 0 radical (unpaired) electrons. The summed E-state index contributed by atoms with van der Waals surface area (Å²) in [6, 6.07) is 16.2. The molecule has 0 bridgehead atoms. The summed E-state index contributed by atoms with van der Waals surface area (Å²) in [5.74, 6) is -0.705. The van der Waals surface area contributed by atoms with Crippen molar-refractivity contribution in [1.82, 2.24) is 0 Å². The highest BCUT2D eigenvalue weighted by Crippen LogP contribution is 2.20. The van der Waals surface area contributed by atoms with Gasteiger partial charge < -0.3 is 4.74 Å². The lowest BCUT2D eigenvalue weighted by Gasteiger charge is -2.12. The molecule has 0 aliphatic heterocycles. The highest BCUT2D eigenvalue weighted by Gasteiger charge is 2.18. The Morgan fingerprint density at radius 1 is 1.00 bits per heavy atom. The zero-order valence-electron chi connectivity index (χ0n) is 12.2. The van der Waals surface area contributed by atoms with E-state index in [1.165, 1.54) is 0 Å². The average Bonchev–Trinajstić information content (AvgIpc) is 2.54. The lowest BCUT2D eigenvalue weighted by Crippen LogP contribution is -2.13. The molecule has 0 saturated carbocycles. The first-order valence-corrected chi connectivity index (χ1v) is 6.99. The van der Waals surface area contributed by atoms with Crippen LogP contribution in [0.15, 0.2) is 54.6 Å². The Labute approximate surface area is 124 Å². The van der Waals surface area contributed by atoms with Gasteiger partial charge in [-0.3, -0.25) is 9.59 Å². The van der Waals surface area contributed by atoms with E-state index in [0.29, 0.717) is 17.7 Å². The lowest BCUT2D eigenvalue weighted by atomic mass is 9.96. The summed E-state index contributed by atoms with van der Waals surface area (Å²) in [5.41, 5.74) is 2.00. The number of carbonyl (C=O) groups is 2. The third-order valence-corrected chi connectivity index (χ3v) is 3.32. The Kier molecular flexibility index (Phi) is 4.88. The lowest BCUT2D eigenvalue weighted by molar-refractivity contribution is -0.144. The van der Waals surface area contributed by atoms with Crippen LogP contribution < -0.4 is 0 Å². The molecule has 0 aliphatic carbocycles. The van der Waals surface area contributed by atoms with Crippen molar-refractivity contribution >= 4 is 11.8 Å². The molecule has 3 heteroatoms. The number of hydrogen-bond donors (Lipinski definition) is 0. The topological polar surface area (TPSA) is 43.4 Å². The SMILES string of the molecule is CCOC(=O)[C@H](C)c1cccc(C(=O)c2ccccc2)c1. The third kappa shape index (κ3) is 3.57. The maximum atomic E-state index is 12.4. The standard InChI is InChI=1S/C18H18O3/c1-3-21-18(20)13(2)15-10-7-11-16(12-15)17(19)14-8-5-4-6-9-14/h4-13H,3H2,1-2H3/t13-/m1/s1. The highest BCUT2D eigenvalue weighted by molar-refractivity contribution is 6.09. The third-order valence-electron chi connectivity index (χ3n) is 3.32. The number of rotatable bonds is 5. The van der Waals surface area contributed by atoms with E-state index in [1.807, 2.05) is 24.3 Å². The fourth-order valence-electron chi connectivity index (χ4n) is 2.11. The first-order chi connectivity index (χ1) is 10.1. The van der Waals surface area contributed by atoms with E-state index < -0.39 is 0 Å². The molecule has 2 aromatic rings. The van der Waals surface area contributed by atoms with Crippen LogP contribution in [0.4, 0.5) is 0 Å². The van der Waals surface area contributed by atoms with Gasteiger partial charge in [-0.05, 0) is 25.5 Å². The Morgan fingerprint density at radius 2 is 1.67 bits per heavy atom. The molecule has 0 aromatic heterocycles. The van der Waals surface area contributed by atoms with Gasteiger partial charge in [0.2, 0.25) is 0 Å². The van der Waals surface area contributed by atoms with Crippen LogP contribution in [0.2, 0.25) is 0 Å². The average molecular weight is 282 g/mol. The van der Waals surface area contributed by atoms with Crippen molar-refractivity contribution in [1.29, 1.82) is 0 Å². The second-order valence-electron chi connectivity index (χ2n) is 4.79. The van der Waals surface area contributed by atoms with Gasteiger partial charge in [-0.1, -0.05) is 48.5 Å². The molecule has 3 nitrogen and oxygen atoms in total. The van der Waals surface area contributed by atoms with Crippen LogP contribution in [-0.2, 0) is 9.53 Å². The molecular formula is C18H18O3. The van der Waals surface area contributed by atoms with E-state index in [9.17, 15) is 9.59 Å². The highest BCUT2D eigenvalue weighted by atomic mass is 16.5. The quantitative estimate of drug-likeness (QED) is 0.622. The molecule has 0 fully saturated rings. The van der Waals surface area contributed by atoms with Gasteiger partial charge in [0.15, 0.2) is 5.78 Å². The zero-order chi connectivity index (χ0) is 15.2. The first kappa shape index (κ1) is 15.0. The fraction of sp³-hybridized carbons (Fsp3) is 0.222. The number of ketones is 1. The first-order valence-electron chi connectivity index (χ1n) is 6.99. The van der Waals surface area contributed by atoms with Crippen molar-refractivity contribution in [3.63, 3.8) is 0 Å². The van der Waals surface area contributed by atoms with E-state index in [2.05, 4.69) is 0 Å². The van der Waals surface area contributed by atoms with Crippen LogP contribution >= 0.6 is 0 Å². The second kappa shape index (κ2) is 6.84. The molecule has 0 N–H and O–H groups in total. The smallest absolute Gasteiger partial charge is 0.313 e. The minimum absolute atomic E-state index is 0.0477. The van der Waals surface area contributed by atoms with Crippen molar-refractivity contribution in [3.8, 4) is 0 Å². The maximum Gasteiger partial charge on any atom is 0.313 e. The number of esters is 1. The molecule has 0 amide bonds. The number of ether oxygens (including phenoxy) is 1. The van der Waals surface area contributed by atoms with Gasteiger partial charge in [-0.2, -0.15) is 0 Å². The second-order valence-corrected chi connectivity index (χ2v) is 4.79. The van der Waals surface area contributed by atoms with Gasteiger partial charge >= 0.3 is 5.97 Å². The largest absolute Gasteiger partial charge is 0.466 e. The molecule has 0 spiro atoms. The van der Waals surface area contributed by atoms with Gasteiger partial charge in [-0.15, -0.1) is 0 Å². The monoisotopic (exact) mass is 282 g/mol. The van der Waals surface area contributed by atoms with Crippen molar-refractivity contribution in [2.24, 2.45) is 0 Å². The number of carbonyl (C=O) groups excluding carboxylic acids is 2. The van der Waals surface area contributed by atoms with Gasteiger partial charge in [0.1, 0.15) is 0 Å². The Morgan fingerprint density at radius 3 is 2.33 bits per heavy atom. The Balaban J connectivity index is 2.26.